The molecule has 0 radical (unpaired) electrons. The summed E-state index contributed by atoms with van der Waals surface area (Å²) in [4.78, 5) is 28.9. The molecule has 0 saturated carbocycles. The Hall–Kier alpha value is -2.38. The molecule has 1 N–H and O–H groups in total. The summed E-state index contributed by atoms with van der Waals surface area (Å²) in [5.74, 6) is -0.384. The fourth-order valence-electron chi connectivity index (χ4n) is 3.16. The Morgan fingerprint density at radius 2 is 2.07 bits per heavy atom. The number of carbonyl (C=O) groups excluding carboxylic acids is 2. The monoisotopic (exact) mass is 389 g/mol. The van der Waals surface area contributed by atoms with Crippen LogP contribution in [0, 0.1) is 0 Å². The standard InChI is InChI=1S/C19H24ClN5O2/c1-19(2)15-9-13(20)5-6-16(15)25(18(19)27)12-17(26)22-14-10-21-24(11-14)8-7-23(3)4/h5-6,9-11H,7-8,12H2,1-4H3,(H,22,26). The Bertz CT molecular complexity index is 875. The number of nitrogens with zero attached hydrogens (tertiary/aromatic N) is 4. The molecule has 0 saturated heterocycles. The van der Waals surface area contributed by atoms with Crippen LogP contribution in [0.15, 0.2) is 30.6 Å². The van der Waals surface area contributed by atoms with E-state index in [1.54, 1.807) is 35.3 Å². The molecule has 0 unspecified atom stereocenters. The lowest BCUT2D eigenvalue weighted by Crippen LogP contribution is -2.40. The van der Waals surface area contributed by atoms with Crippen molar-refractivity contribution in [1.29, 1.82) is 0 Å². The Labute approximate surface area is 163 Å². The lowest BCUT2D eigenvalue weighted by atomic mass is 9.86. The van der Waals surface area contributed by atoms with Crippen molar-refractivity contribution < 1.29 is 9.59 Å². The summed E-state index contributed by atoms with van der Waals surface area (Å²) in [5.41, 5.74) is 1.47. The molecule has 1 aromatic heterocycles. The lowest BCUT2D eigenvalue weighted by Gasteiger charge is -2.19. The average Bonchev–Trinajstić information content (AvgIpc) is 3.10. The molecule has 8 heteroatoms. The van der Waals surface area contributed by atoms with Gasteiger partial charge in [-0.05, 0) is 51.7 Å². The molecule has 2 aromatic rings. The van der Waals surface area contributed by atoms with Crippen molar-refractivity contribution in [3.05, 3.63) is 41.2 Å². The topological polar surface area (TPSA) is 70.5 Å². The molecular weight excluding hydrogens is 366 g/mol. The average molecular weight is 390 g/mol. The zero-order chi connectivity index (χ0) is 19.8. The van der Waals surface area contributed by atoms with Crippen LogP contribution >= 0.6 is 11.6 Å². The third-order valence-corrected chi connectivity index (χ3v) is 4.93. The number of aromatic nitrogens is 2. The van der Waals surface area contributed by atoms with Gasteiger partial charge in [-0.25, -0.2) is 0 Å². The molecule has 1 aromatic carbocycles. The zero-order valence-electron chi connectivity index (χ0n) is 16.0. The first-order valence-electron chi connectivity index (χ1n) is 8.77. The highest BCUT2D eigenvalue weighted by Gasteiger charge is 2.44. The summed E-state index contributed by atoms with van der Waals surface area (Å²) in [6.07, 6.45) is 3.39. The van der Waals surface area contributed by atoms with Gasteiger partial charge in [-0.2, -0.15) is 5.10 Å². The van der Waals surface area contributed by atoms with Gasteiger partial charge < -0.3 is 15.1 Å². The van der Waals surface area contributed by atoms with E-state index >= 15 is 0 Å². The van der Waals surface area contributed by atoms with Gasteiger partial charge >= 0.3 is 0 Å². The van der Waals surface area contributed by atoms with Crippen molar-refractivity contribution in [3.63, 3.8) is 0 Å². The van der Waals surface area contributed by atoms with Gasteiger partial charge in [-0.3, -0.25) is 14.3 Å². The van der Waals surface area contributed by atoms with E-state index in [0.29, 0.717) is 10.7 Å². The second kappa shape index (κ2) is 7.32. The molecule has 3 rings (SSSR count). The van der Waals surface area contributed by atoms with E-state index in [-0.39, 0.29) is 18.4 Å². The number of rotatable bonds is 6. The molecule has 0 aliphatic carbocycles. The van der Waals surface area contributed by atoms with Crippen LogP contribution in [0.4, 0.5) is 11.4 Å². The van der Waals surface area contributed by atoms with Crippen molar-refractivity contribution in [2.75, 3.05) is 37.4 Å². The maximum Gasteiger partial charge on any atom is 0.244 e. The van der Waals surface area contributed by atoms with Crippen LogP contribution in [-0.2, 0) is 21.5 Å². The lowest BCUT2D eigenvalue weighted by molar-refractivity contribution is -0.124. The summed E-state index contributed by atoms with van der Waals surface area (Å²) < 4.78 is 1.77. The van der Waals surface area contributed by atoms with E-state index < -0.39 is 5.41 Å². The minimum atomic E-state index is -0.711. The maximum atomic E-state index is 12.8. The van der Waals surface area contributed by atoms with Gasteiger partial charge in [0.1, 0.15) is 6.54 Å². The van der Waals surface area contributed by atoms with Crippen LogP contribution in [0.1, 0.15) is 19.4 Å². The molecule has 1 aliphatic heterocycles. The fourth-order valence-corrected chi connectivity index (χ4v) is 3.33. The Kier molecular flexibility index (Phi) is 5.26. The number of nitrogens with one attached hydrogen (secondary N) is 1. The normalized spacial score (nSPS) is 15.3. The maximum absolute atomic E-state index is 12.8. The number of anilines is 2. The molecule has 2 heterocycles. The van der Waals surface area contributed by atoms with Gasteiger partial charge in [-0.15, -0.1) is 0 Å². The first-order valence-corrected chi connectivity index (χ1v) is 9.15. The number of carbonyl (C=O) groups is 2. The van der Waals surface area contributed by atoms with E-state index in [4.69, 9.17) is 11.6 Å². The fraction of sp³-hybridized carbons (Fsp3) is 0.421. The van der Waals surface area contributed by atoms with Crippen LogP contribution in [0.2, 0.25) is 5.02 Å². The number of hydrogen-bond donors (Lipinski definition) is 1. The number of hydrogen-bond acceptors (Lipinski definition) is 4. The smallest absolute Gasteiger partial charge is 0.244 e. The first-order chi connectivity index (χ1) is 12.7. The van der Waals surface area contributed by atoms with Crippen LogP contribution in [-0.4, -0.2) is 53.7 Å². The van der Waals surface area contributed by atoms with Crippen molar-refractivity contribution in [1.82, 2.24) is 14.7 Å². The Morgan fingerprint density at radius 1 is 1.33 bits per heavy atom. The predicted molar refractivity (Wildman–Crippen MR) is 106 cm³/mol. The summed E-state index contributed by atoms with van der Waals surface area (Å²) in [5, 5.41) is 7.62. The molecule has 2 amide bonds. The largest absolute Gasteiger partial charge is 0.322 e. The van der Waals surface area contributed by atoms with Gasteiger partial charge in [0.25, 0.3) is 0 Å². The van der Waals surface area contributed by atoms with Crippen LogP contribution < -0.4 is 10.2 Å². The third kappa shape index (κ3) is 3.99. The molecular formula is C19H24ClN5O2. The number of benzene rings is 1. The minimum Gasteiger partial charge on any atom is -0.322 e. The molecule has 0 bridgehead atoms. The molecule has 0 spiro atoms. The zero-order valence-corrected chi connectivity index (χ0v) is 16.7. The minimum absolute atomic E-state index is 0.0558. The van der Waals surface area contributed by atoms with Gasteiger partial charge in [0.15, 0.2) is 0 Å². The summed E-state index contributed by atoms with van der Waals surface area (Å²) in [7, 11) is 3.98. The number of fused-ring (bicyclic) bond motifs is 1. The van der Waals surface area contributed by atoms with Gasteiger partial charge in [0.05, 0.1) is 23.8 Å². The third-order valence-electron chi connectivity index (χ3n) is 4.70. The van der Waals surface area contributed by atoms with Gasteiger partial charge in [0, 0.05) is 23.5 Å². The second-order valence-electron chi connectivity index (χ2n) is 7.52. The second-order valence-corrected chi connectivity index (χ2v) is 7.96. The van der Waals surface area contributed by atoms with E-state index in [1.165, 1.54) is 4.90 Å². The summed E-state index contributed by atoms with van der Waals surface area (Å²) in [6.45, 7) is 5.22. The molecule has 27 heavy (non-hydrogen) atoms. The van der Waals surface area contributed by atoms with Crippen molar-refractivity contribution in [2.24, 2.45) is 0 Å². The molecule has 0 fully saturated rings. The Balaban J connectivity index is 1.69. The van der Waals surface area contributed by atoms with E-state index in [0.717, 1.165) is 24.3 Å². The number of likely N-dealkylation sites (N-methyl/N-ethyl adjacent to an activating group) is 1. The van der Waals surface area contributed by atoms with E-state index in [9.17, 15) is 9.59 Å². The molecule has 0 atom stereocenters. The number of halogens is 1. The van der Waals surface area contributed by atoms with Crippen molar-refractivity contribution >= 4 is 34.8 Å². The van der Waals surface area contributed by atoms with Crippen LogP contribution in [0.25, 0.3) is 0 Å². The van der Waals surface area contributed by atoms with Crippen molar-refractivity contribution in [2.45, 2.75) is 25.8 Å². The highest BCUT2D eigenvalue weighted by molar-refractivity contribution is 6.31. The van der Waals surface area contributed by atoms with Gasteiger partial charge in [-0.1, -0.05) is 11.6 Å². The van der Waals surface area contributed by atoms with Crippen molar-refractivity contribution in [3.8, 4) is 0 Å². The van der Waals surface area contributed by atoms with Crippen LogP contribution in [0.5, 0.6) is 0 Å². The highest BCUT2D eigenvalue weighted by atomic mass is 35.5. The Morgan fingerprint density at radius 3 is 2.78 bits per heavy atom. The van der Waals surface area contributed by atoms with E-state index in [2.05, 4.69) is 15.3 Å². The molecule has 1 aliphatic rings. The molecule has 144 valence electrons. The number of amides is 2. The first kappa shape index (κ1) is 19.4. The quantitative estimate of drug-likeness (QED) is 0.823. The predicted octanol–water partition coefficient (Wildman–Crippen LogP) is 2.36. The van der Waals surface area contributed by atoms with E-state index in [1.807, 2.05) is 27.9 Å². The SMILES string of the molecule is CN(C)CCn1cc(NC(=O)CN2C(=O)C(C)(C)c3cc(Cl)ccc32)cn1. The van der Waals surface area contributed by atoms with Crippen LogP contribution in [0.3, 0.4) is 0 Å². The summed E-state index contributed by atoms with van der Waals surface area (Å²) >= 11 is 6.09. The van der Waals surface area contributed by atoms with Gasteiger partial charge in [0.2, 0.25) is 11.8 Å². The molecule has 7 nitrogen and oxygen atoms in total. The highest BCUT2D eigenvalue weighted by Crippen LogP contribution is 2.42. The summed E-state index contributed by atoms with van der Waals surface area (Å²) in [6, 6.07) is 5.31.